The normalized spacial score (nSPS) is 18.8. The molecule has 3 aromatic rings. The third-order valence-corrected chi connectivity index (χ3v) is 9.33. The number of hydrogen-bond donors (Lipinski definition) is 2. The van der Waals surface area contributed by atoms with Crippen molar-refractivity contribution in [3.8, 4) is 0 Å². The number of nitrogens with one attached hydrogen (secondary N) is 2. The molecular weight excluding hydrogens is 510 g/mol. The van der Waals surface area contributed by atoms with Crippen molar-refractivity contribution < 1.29 is 17.9 Å². The van der Waals surface area contributed by atoms with E-state index in [1.54, 1.807) is 47.1 Å². The molecule has 3 heterocycles. The summed E-state index contributed by atoms with van der Waals surface area (Å²) in [5.74, 6) is 1.02. The molecule has 1 amide bonds. The Bertz CT molecular complexity index is 1370. The lowest BCUT2D eigenvalue weighted by Crippen LogP contribution is -2.46. The van der Waals surface area contributed by atoms with Crippen LogP contribution in [-0.4, -0.2) is 64.2 Å². The van der Waals surface area contributed by atoms with Gasteiger partial charge in [-0.05, 0) is 63.8 Å². The number of nitrogens with zero attached hydrogens (tertiary/aromatic N) is 3. The molecule has 1 aliphatic heterocycles. The predicted octanol–water partition coefficient (Wildman–Crippen LogP) is 4.52. The smallest absolute Gasteiger partial charge is 0.410 e. The molecule has 2 N–H and O–H groups in total. The number of aromatic nitrogens is 3. The van der Waals surface area contributed by atoms with Crippen LogP contribution in [0.25, 0.3) is 11.2 Å². The highest BCUT2D eigenvalue weighted by Gasteiger charge is 2.32. The molecule has 2 atom stereocenters. The Morgan fingerprint density at radius 2 is 2.05 bits per heavy atom. The van der Waals surface area contributed by atoms with Crippen molar-refractivity contribution in [1.82, 2.24) is 25.2 Å². The van der Waals surface area contributed by atoms with E-state index in [1.807, 2.05) is 33.8 Å². The maximum absolute atomic E-state index is 13.5. The summed E-state index contributed by atoms with van der Waals surface area (Å²) in [4.78, 5) is 26.5. The standard InChI is InChI=1S/C26H35N5O4S2/c1-17-7-6-8-19(13-17)37(33,34)24-21(29-20-9-11-28-23(20)30-24)14-27-16-36-22-15-31(12-10-18(22)2)25(32)35-26(3,4)5/h6-9,11,13,18,22,27H,10,12,14-16H2,1-5H3,(H,28,30)/t18-,22+/m0/s1. The third kappa shape index (κ3) is 6.63. The molecule has 1 aliphatic rings. The number of sulfone groups is 1. The van der Waals surface area contributed by atoms with Crippen molar-refractivity contribution in [2.45, 2.75) is 68.4 Å². The van der Waals surface area contributed by atoms with Gasteiger partial charge in [0.1, 0.15) is 11.1 Å². The van der Waals surface area contributed by atoms with E-state index in [9.17, 15) is 13.2 Å². The van der Waals surface area contributed by atoms with Gasteiger partial charge in [-0.25, -0.2) is 23.2 Å². The van der Waals surface area contributed by atoms with Gasteiger partial charge in [0.15, 0.2) is 10.7 Å². The molecule has 0 spiro atoms. The molecular formula is C26H35N5O4S2. The number of hydrogen-bond acceptors (Lipinski definition) is 8. The number of aryl methyl sites for hydroxylation is 1. The van der Waals surface area contributed by atoms with E-state index in [2.05, 4.69) is 27.2 Å². The van der Waals surface area contributed by atoms with Crippen molar-refractivity contribution >= 4 is 38.9 Å². The summed E-state index contributed by atoms with van der Waals surface area (Å²) < 4.78 is 32.5. The summed E-state index contributed by atoms with van der Waals surface area (Å²) in [6.45, 7) is 11.2. The Morgan fingerprint density at radius 1 is 1.27 bits per heavy atom. The van der Waals surface area contributed by atoms with Crippen LogP contribution in [0.15, 0.2) is 46.5 Å². The van der Waals surface area contributed by atoms with E-state index < -0.39 is 15.4 Å². The molecule has 37 heavy (non-hydrogen) atoms. The molecule has 1 aromatic carbocycles. The fraction of sp³-hybridized carbons (Fsp3) is 0.500. The molecule has 4 rings (SSSR count). The van der Waals surface area contributed by atoms with Crippen LogP contribution >= 0.6 is 11.8 Å². The molecule has 0 unspecified atom stereocenters. The van der Waals surface area contributed by atoms with Gasteiger partial charge in [0.2, 0.25) is 9.84 Å². The van der Waals surface area contributed by atoms with Crippen LogP contribution in [0.3, 0.4) is 0 Å². The minimum atomic E-state index is -3.86. The van der Waals surface area contributed by atoms with Gasteiger partial charge in [-0.3, -0.25) is 0 Å². The zero-order valence-corrected chi connectivity index (χ0v) is 23.6. The Balaban J connectivity index is 1.45. The molecule has 0 bridgehead atoms. The lowest BCUT2D eigenvalue weighted by atomic mass is 9.99. The predicted molar refractivity (Wildman–Crippen MR) is 145 cm³/mol. The number of ether oxygens (including phenoxy) is 1. The molecule has 2 aromatic heterocycles. The summed E-state index contributed by atoms with van der Waals surface area (Å²) in [5.41, 5.74) is 1.75. The van der Waals surface area contributed by atoms with Crippen LogP contribution in [0.1, 0.15) is 45.4 Å². The average molecular weight is 546 g/mol. The second-order valence-electron chi connectivity index (χ2n) is 10.5. The van der Waals surface area contributed by atoms with E-state index in [4.69, 9.17) is 4.74 Å². The van der Waals surface area contributed by atoms with Gasteiger partial charge in [0, 0.05) is 37.0 Å². The fourth-order valence-corrected chi connectivity index (χ4v) is 6.84. The van der Waals surface area contributed by atoms with Gasteiger partial charge >= 0.3 is 6.09 Å². The number of rotatable bonds is 7. The first-order chi connectivity index (χ1) is 17.4. The molecule has 11 heteroatoms. The highest BCUT2D eigenvalue weighted by molar-refractivity contribution is 7.99. The minimum Gasteiger partial charge on any atom is -0.444 e. The molecule has 0 aliphatic carbocycles. The SMILES string of the molecule is Cc1cccc(S(=O)(=O)c2nc3[nH]ccc3nc2CNCS[C@@H]2CN(C(=O)OC(C)(C)C)CC[C@@H]2C)c1. The summed E-state index contributed by atoms with van der Waals surface area (Å²) in [7, 11) is -3.86. The number of H-pyrrole nitrogens is 1. The quantitative estimate of drug-likeness (QED) is 0.329. The van der Waals surface area contributed by atoms with Crippen LogP contribution in [0.5, 0.6) is 0 Å². The summed E-state index contributed by atoms with van der Waals surface area (Å²) >= 11 is 1.72. The zero-order chi connectivity index (χ0) is 26.8. The van der Waals surface area contributed by atoms with Crippen molar-refractivity contribution in [2.75, 3.05) is 19.0 Å². The first kappa shape index (κ1) is 27.4. The average Bonchev–Trinajstić information content (AvgIpc) is 3.28. The van der Waals surface area contributed by atoms with E-state index in [0.717, 1.165) is 12.0 Å². The van der Waals surface area contributed by atoms with E-state index in [-0.39, 0.29) is 27.8 Å². The first-order valence-electron chi connectivity index (χ1n) is 12.4. The van der Waals surface area contributed by atoms with Crippen LogP contribution in [0.4, 0.5) is 4.79 Å². The highest BCUT2D eigenvalue weighted by atomic mass is 32.2. The van der Waals surface area contributed by atoms with Crippen LogP contribution in [0, 0.1) is 12.8 Å². The summed E-state index contributed by atoms with van der Waals surface area (Å²) in [6, 6.07) is 8.58. The van der Waals surface area contributed by atoms with E-state index in [1.165, 1.54) is 0 Å². The van der Waals surface area contributed by atoms with Crippen molar-refractivity contribution in [1.29, 1.82) is 0 Å². The van der Waals surface area contributed by atoms with Crippen molar-refractivity contribution in [3.05, 3.63) is 47.8 Å². The zero-order valence-electron chi connectivity index (χ0n) is 21.9. The molecule has 200 valence electrons. The topological polar surface area (TPSA) is 117 Å². The minimum absolute atomic E-state index is 0.0484. The Morgan fingerprint density at radius 3 is 2.78 bits per heavy atom. The maximum Gasteiger partial charge on any atom is 0.410 e. The Labute approximate surface area is 222 Å². The molecule has 0 radical (unpaired) electrons. The number of carbonyl (C=O) groups is 1. The number of aromatic amines is 1. The summed E-state index contributed by atoms with van der Waals surface area (Å²) in [6.07, 6.45) is 2.33. The number of amides is 1. The van der Waals surface area contributed by atoms with Gasteiger partial charge < -0.3 is 19.9 Å². The fourth-order valence-electron chi connectivity index (χ4n) is 4.19. The molecule has 1 saturated heterocycles. The van der Waals surface area contributed by atoms with Gasteiger partial charge in [-0.15, -0.1) is 11.8 Å². The number of carbonyl (C=O) groups excluding carboxylic acids is 1. The third-order valence-electron chi connectivity index (χ3n) is 6.21. The number of piperidine rings is 1. The molecule has 0 saturated carbocycles. The number of thioether (sulfide) groups is 1. The lowest BCUT2D eigenvalue weighted by molar-refractivity contribution is 0.0196. The number of likely N-dealkylation sites (tertiary alicyclic amines) is 1. The van der Waals surface area contributed by atoms with Gasteiger partial charge in [0.25, 0.3) is 0 Å². The van der Waals surface area contributed by atoms with Crippen LogP contribution < -0.4 is 5.32 Å². The lowest BCUT2D eigenvalue weighted by Gasteiger charge is -2.37. The molecule has 1 fully saturated rings. The maximum atomic E-state index is 13.5. The second kappa shape index (κ2) is 11.0. The van der Waals surface area contributed by atoms with E-state index >= 15 is 0 Å². The van der Waals surface area contributed by atoms with Crippen molar-refractivity contribution in [2.24, 2.45) is 5.92 Å². The Kier molecular flexibility index (Phi) is 8.15. The second-order valence-corrected chi connectivity index (χ2v) is 13.6. The highest BCUT2D eigenvalue weighted by Crippen LogP contribution is 2.29. The number of benzene rings is 1. The monoisotopic (exact) mass is 545 g/mol. The van der Waals surface area contributed by atoms with Crippen molar-refractivity contribution in [3.63, 3.8) is 0 Å². The molecule has 9 nitrogen and oxygen atoms in total. The largest absolute Gasteiger partial charge is 0.444 e. The van der Waals surface area contributed by atoms with E-state index in [0.29, 0.717) is 41.7 Å². The van der Waals surface area contributed by atoms with Crippen LogP contribution in [0.2, 0.25) is 0 Å². The Hall–Kier alpha value is -2.63. The van der Waals surface area contributed by atoms with Gasteiger partial charge in [0.05, 0.1) is 10.6 Å². The first-order valence-corrected chi connectivity index (χ1v) is 14.9. The van der Waals surface area contributed by atoms with Gasteiger partial charge in [-0.2, -0.15) is 0 Å². The summed E-state index contributed by atoms with van der Waals surface area (Å²) in [5, 5.41) is 3.53. The van der Waals surface area contributed by atoms with Crippen LogP contribution in [-0.2, 0) is 21.1 Å². The number of fused-ring (bicyclic) bond motifs is 1. The van der Waals surface area contributed by atoms with Gasteiger partial charge in [-0.1, -0.05) is 19.1 Å².